The van der Waals surface area contributed by atoms with Gasteiger partial charge in [0.25, 0.3) is 0 Å². The fraction of sp³-hybridized carbons (Fsp3) is 0.462. The van der Waals surface area contributed by atoms with Crippen LogP contribution in [0.15, 0.2) is 22.7 Å². The molecule has 1 fully saturated rings. The fourth-order valence-electron chi connectivity index (χ4n) is 1.95. The van der Waals surface area contributed by atoms with Crippen molar-refractivity contribution in [2.45, 2.75) is 43.1 Å². The van der Waals surface area contributed by atoms with Crippen molar-refractivity contribution in [1.82, 2.24) is 20.0 Å². The van der Waals surface area contributed by atoms with Crippen LogP contribution in [0.25, 0.3) is 0 Å². The molecule has 3 N–H and O–H groups in total. The Hall–Kier alpha value is -1.22. The number of nitrogens with one attached hydrogen (secondary N) is 3. The van der Waals surface area contributed by atoms with E-state index in [2.05, 4.69) is 20.0 Å². The van der Waals surface area contributed by atoms with E-state index in [0.29, 0.717) is 16.1 Å². The maximum atomic E-state index is 12.3. The summed E-state index contributed by atoms with van der Waals surface area (Å²) in [5, 5.41) is 3.41. The molecule has 8 heteroatoms. The lowest BCUT2D eigenvalue weighted by molar-refractivity contribution is 0.581. The van der Waals surface area contributed by atoms with Crippen molar-refractivity contribution in [2.24, 2.45) is 0 Å². The number of hydrogen-bond donors (Lipinski definition) is 3. The molecule has 0 saturated heterocycles. The van der Waals surface area contributed by atoms with Crippen LogP contribution >= 0.6 is 11.3 Å². The first-order valence-corrected chi connectivity index (χ1v) is 9.15. The molecular formula is C13H18N4O2S2. The van der Waals surface area contributed by atoms with Crippen molar-refractivity contribution in [3.05, 3.63) is 34.7 Å². The Balaban J connectivity index is 1.67. The van der Waals surface area contributed by atoms with Crippen LogP contribution in [0.5, 0.6) is 0 Å². The first-order valence-electron chi connectivity index (χ1n) is 6.85. The predicted octanol–water partition coefficient (Wildman–Crippen LogP) is 1.51. The first-order chi connectivity index (χ1) is 10.0. The number of rotatable bonds is 7. The number of aromatic nitrogens is 2. The van der Waals surface area contributed by atoms with Gasteiger partial charge in [0.2, 0.25) is 10.0 Å². The molecule has 1 saturated carbocycles. The van der Waals surface area contributed by atoms with Gasteiger partial charge in [0.15, 0.2) is 0 Å². The van der Waals surface area contributed by atoms with E-state index in [1.54, 1.807) is 18.5 Å². The molecule has 0 amide bonds. The zero-order valence-electron chi connectivity index (χ0n) is 11.7. The van der Waals surface area contributed by atoms with Crippen LogP contribution in [-0.4, -0.2) is 24.4 Å². The molecule has 1 aliphatic rings. The monoisotopic (exact) mass is 326 g/mol. The Morgan fingerprint density at radius 1 is 1.43 bits per heavy atom. The summed E-state index contributed by atoms with van der Waals surface area (Å²) in [7, 11) is -3.48. The van der Waals surface area contributed by atoms with Crippen molar-refractivity contribution in [1.29, 1.82) is 0 Å². The summed E-state index contributed by atoms with van der Waals surface area (Å²) in [6, 6.07) is 2.35. The first kappa shape index (κ1) is 14.7. The number of imidazole rings is 1. The average Bonchev–Trinajstić information content (AvgIpc) is 2.98. The topological polar surface area (TPSA) is 86.9 Å². The minimum Gasteiger partial charge on any atom is -0.347 e. The highest BCUT2D eigenvalue weighted by molar-refractivity contribution is 7.91. The average molecular weight is 326 g/mol. The Morgan fingerprint density at radius 2 is 2.24 bits per heavy atom. The second kappa shape index (κ2) is 5.88. The standard InChI is InChI=1S/C13H18N4O2S2/c1-9-6-13(20-11(9)7-16-10-2-3-10)21(18,19)17-8-12-14-4-5-15-12/h4-6,10,16-17H,2-3,7-8H2,1H3,(H,14,15). The van der Waals surface area contributed by atoms with Gasteiger partial charge in [0.1, 0.15) is 10.0 Å². The number of aromatic amines is 1. The van der Waals surface area contributed by atoms with E-state index in [1.807, 2.05) is 6.92 Å². The molecule has 2 aromatic heterocycles. The van der Waals surface area contributed by atoms with Gasteiger partial charge in [0, 0.05) is 29.9 Å². The van der Waals surface area contributed by atoms with Gasteiger partial charge in [-0.3, -0.25) is 0 Å². The van der Waals surface area contributed by atoms with Crippen LogP contribution in [0, 0.1) is 6.92 Å². The summed E-state index contributed by atoms with van der Waals surface area (Å²) in [5.74, 6) is 0.600. The number of thiophene rings is 1. The third-order valence-corrected chi connectivity index (χ3v) is 6.49. The second-order valence-electron chi connectivity index (χ2n) is 5.19. The third kappa shape index (κ3) is 3.70. The van der Waals surface area contributed by atoms with Crippen LogP contribution in [0.2, 0.25) is 0 Å². The normalized spacial score (nSPS) is 15.5. The van der Waals surface area contributed by atoms with Gasteiger partial charge in [-0.1, -0.05) is 0 Å². The molecular weight excluding hydrogens is 308 g/mol. The third-order valence-electron chi connectivity index (χ3n) is 3.38. The number of sulfonamides is 1. The van der Waals surface area contributed by atoms with E-state index >= 15 is 0 Å². The van der Waals surface area contributed by atoms with Gasteiger partial charge in [-0.25, -0.2) is 18.1 Å². The van der Waals surface area contributed by atoms with Gasteiger partial charge >= 0.3 is 0 Å². The summed E-state index contributed by atoms with van der Waals surface area (Å²) in [5.41, 5.74) is 1.02. The molecule has 114 valence electrons. The van der Waals surface area contributed by atoms with Crippen molar-refractivity contribution < 1.29 is 8.42 Å². The highest BCUT2D eigenvalue weighted by Gasteiger charge is 2.22. The van der Waals surface area contributed by atoms with Gasteiger partial charge in [-0.15, -0.1) is 11.3 Å². The highest BCUT2D eigenvalue weighted by atomic mass is 32.2. The van der Waals surface area contributed by atoms with Crippen molar-refractivity contribution in [3.63, 3.8) is 0 Å². The quantitative estimate of drug-likeness (QED) is 0.720. The lowest BCUT2D eigenvalue weighted by Crippen LogP contribution is -2.23. The molecule has 0 spiro atoms. The molecule has 21 heavy (non-hydrogen) atoms. The zero-order valence-corrected chi connectivity index (χ0v) is 13.4. The maximum absolute atomic E-state index is 12.3. The SMILES string of the molecule is Cc1cc(S(=O)(=O)NCc2ncc[nH]2)sc1CNC1CC1. The minimum atomic E-state index is -3.48. The lowest BCUT2D eigenvalue weighted by atomic mass is 10.3. The molecule has 3 rings (SSSR count). The molecule has 1 aliphatic carbocycles. The van der Waals surface area contributed by atoms with Crippen LogP contribution in [0.1, 0.15) is 29.1 Å². The summed E-state index contributed by atoms with van der Waals surface area (Å²) >= 11 is 1.33. The van der Waals surface area contributed by atoms with E-state index in [9.17, 15) is 8.42 Å². The predicted molar refractivity (Wildman–Crippen MR) is 81.5 cm³/mol. The van der Waals surface area contributed by atoms with Crippen LogP contribution < -0.4 is 10.0 Å². The summed E-state index contributed by atoms with van der Waals surface area (Å²) in [6.07, 6.45) is 5.71. The summed E-state index contributed by atoms with van der Waals surface area (Å²) in [4.78, 5) is 7.96. The van der Waals surface area contributed by atoms with Crippen LogP contribution in [0.3, 0.4) is 0 Å². The van der Waals surface area contributed by atoms with E-state index in [4.69, 9.17) is 0 Å². The molecule has 6 nitrogen and oxygen atoms in total. The number of nitrogens with zero attached hydrogens (tertiary/aromatic N) is 1. The van der Waals surface area contributed by atoms with E-state index in [1.165, 1.54) is 24.2 Å². The summed E-state index contributed by atoms with van der Waals surface area (Å²) in [6.45, 7) is 2.86. The van der Waals surface area contributed by atoms with Gasteiger partial charge in [-0.2, -0.15) is 0 Å². The van der Waals surface area contributed by atoms with Crippen molar-refractivity contribution in [3.8, 4) is 0 Å². The minimum absolute atomic E-state index is 0.169. The zero-order chi connectivity index (χ0) is 14.9. The van der Waals surface area contributed by atoms with Crippen LogP contribution in [-0.2, 0) is 23.1 Å². The van der Waals surface area contributed by atoms with E-state index in [-0.39, 0.29) is 6.54 Å². The fourth-order valence-corrected chi connectivity index (χ4v) is 4.52. The Morgan fingerprint density at radius 3 is 2.90 bits per heavy atom. The van der Waals surface area contributed by atoms with Gasteiger partial charge in [0.05, 0.1) is 6.54 Å². The molecule has 0 unspecified atom stereocenters. The molecule has 2 heterocycles. The molecule has 0 aromatic carbocycles. The van der Waals surface area contributed by atoms with Crippen molar-refractivity contribution in [2.75, 3.05) is 0 Å². The number of hydrogen-bond acceptors (Lipinski definition) is 5. The largest absolute Gasteiger partial charge is 0.347 e. The maximum Gasteiger partial charge on any atom is 0.250 e. The molecule has 0 atom stereocenters. The Bertz CT molecular complexity index is 703. The van der Waals surface area contributed by atoms with Crippen molar-refractivity contribution >= 4 is 21.4 Å². The highest BCUT2D eigenvalue weighted by Crippen LogP contribution is 2.27. The Labute approximate surface area is 128 Å². The smallest absolute Gasteiger partial charge is 0.250 e. The van der Waals surface area contributed by atoms with E-state index in [0.717, 1.165) is 17.0 Å². The van der Waals surface area contributed by atoms with Gasteiger partial charge < -0.3 is 10.3 Å². The molecule has 2 aromatic rings. The van der Waals surface area contributed by atoms with Gasteiger partial charge in [-0.05, 0) is 31.4 Å². The number of aryl methyl sites for hydroxylation is 1. The lowest BCUT2D eigenvalue weighted by Gasteiger charge is -2.02. The van der Waals surface area contributed by atoms with Crippen LogP contribution in [0.4, 0.5) is 0 Å². The summed E-state index contributed by atoms with van der Waals surface area (Å²) < 4.78 is 27.5. The molecule has 0 radical (unpaired) electrons. The molecule has 0 aliphatic heterocycles. The second-order valence-corrected chi connectivity index (χ2v) is 8.32. The number of H-pyrrole nitrogens is 1. The van der Waals surface area contributed by atoms with E-state index < -0.39 is 10.0 Å². The molecule has 0 bridgehead atoms. The Kier molecular flexibility index (Phi) is 4.12.